The summed E-state index contributed by atoms with van der Waals surface area (Å²) in [5, 5.41) is 2.73. The van der Waals surface area contributed by atoms with Gasteiger partial charge >= 0.3 is 5.97 Å². The third-order valence-corrected chi connectivity index (χ3v) is 4.78. The minimum absolute atomic E-state index is 0.379. The minimum atomic E-state index is -0.632. The molecule has 0 aliphatic carbocycles. The lowest BCUT2D eigenvalue weighted by molar-refractivity contribution is -0.142. The van der Waals surface area contributed by atoms with E-state index in [1.807, 2.05) is 24.5 Å². The number of carbonyl (C=O) groups is 2. The highest BCUT2D eigenvalue weighted by atomic mass is 32.2. The zero-order valence-corrected chi connectivity index (χ0v) is 16.9. The molecule has 0 unspecified atom stereocenters. The Morgan fingerprint density at radius 3 is 2.79 bits per heavy atom. The van der Waals surface area contributed by atoms with Gasteiger partial charge < -0.3 is 24.3 Å². The van der Waals surface area contributed by atoms with Gasteiger partial charge in [-0.15, -0.1) is 11.8 Å². The van der Waals surface area contributed by atoms with E-state index in [9.17, 15) is 9.59 Å². The van der Waals surface area contributed by atoms with Crippen molar-refractivity contribution in [1.29, 1.82) is 0 Å². The zero-order chi connectivity index (χ0) is 20.6. The van der Waals surface area contributed by atoms with Crippen LogP contribution in [0.2, 0.25) is 0 Å². The Bertz CT molecular complexity index is 910. The van der Waals surface area contributed by atoms with Crippen LogP contribution in [-0.4, -0.2) is 45.1 Å². The predicted molar refractivity (Wildman–Crippen MR) is 111 cm³/mol. The van der Waals surface area contributed by atoms with Crippen molar-refractivity contribution in [3.63, 3.8) is 0 Å². The molecule has 29 heavy (non-hydrogen) atoms. The summed E-state index contributed by atoms with van der Waals surface area (Å²) >= 11 is 1.52. The van der Waals surface area contributed by atoms with Crippen molar-refractivity contribution in [3.05, 3.63) is 48.0 Å². The standard InChI is InChI=1S/C21H21NO6S/c1-25-16-11-14(12-17-21(16)27-10-9-26-17)7-8-20(24)28-13-19(23)22-15-5-3-4-6-18(15)29-2/h3-8,11-12H,9-10,13H2,1-2H3,(H,22,23)/b8-7+. The van der Waals surface area contributed by atoms with Crippen LogP contribution >= 0.6 is 11.8 Å². The first kappa shape index (κ1) is 20.6. The summed E-state index contributed by atoms with van der Waals surface area (Å²) in [4.78, 5) is 24.9. The minimum Gasteiger partial charge on any atom is -0.493 e. The van der Waals surface area contributed by atoms with Gasteiger partial charge in [0.15, 0.2) is 18.1 Å². The number of fused-ring (bicyclic) bond motifs is 1. The normalized spacial score (nSPS) is 12.5. The molecule has 2 aromatic carbocycles. The number of rotatable bonds is 7. The van der Waals surface area contributed by atoms with Gasteiger partial charge in [0, 0.05) is 11.0 Å². The van der Waals surface area contributed by atoms with E-state index < -0.39 is 11.9 Å². The Labute approximate surface area is 173 Å². The molecule has 0 saturated carbocycles. The Kier molecular flexibility index (Phi) is 7.02. The second-order valence-corrected chi connectivity index (χ2v) is 6.78. The van der Waals surface area contributed by atoms with E-state index in [0.717, 1.165) is 4.90 Å². The van der Waals surface area contributed by atoms with Crippen molar-refractivity contribution >= 4 is 35.4 Å². The number of amides is 1. The zero-order valence-electron chi connectivity index (χ0n) is 16.1. The van der Waals surface area contributed by atoms with Gasteiger partial charge in [-0.3, -0.25) is 4.79 Å². The second-order valence-electron chi connectivity index (χ2n) is 5.94. The van der Waals surface area contributed by atoms with E-state index in [1.54, 1.807) is 24.3 Å². The van der Waals surface area contributed by atoms with Crippen LogP contribution in [0.25, 0.3) is 6.08 Å². The van der Waals surface area contributed by atoms with Crippen molar-refractivity contribution in [1.82, 2.24) is 0 Å². The molecule has 3 rings (SSSR count). The lowest BCUT2D eigenvalue weighted by Crippen LogP contribution is -2.20. The molecule has 1 heterocycles. The molecular weight excluding hydrogens is 394 g/mol. The quantitative estimate of drug-likeness (QED) is 0.422. The fraction of sp³-hybridized carbons (Fsp3) is 0.238. The van der Waals surface area contributed by atoms with E-state index in [-0.39, 0.29) is 6.61 Å². The van der Waals surface area contributed by atoms with E-state index >= 15 is 0 Å². The van der Waals surface area contributed by atoms with Gasteiger partial charge in [0.05, 0.1) is 12.8 Å². The molecule has 0 fully saturated rings. The highest BCUT2D eigenvalue weighted by Gasteiger charge is 2.18. The average molecular weight is 415 g/mol. The SMILES string of the molecule is COc1cc(/C=C/C(=O)OCC(=O)Nc2ccccc2SC)cc2c1OCCO2. The number of hydrogen-bond donors (Lipinski definition) is 1. The molecule has 0 bridgehead atoms. The summed E-state index contributed by atoms with van der Waals surface area (Å²) in [6.07, 6.45) is 4.72. The summed E-state index contributed by atoms with van der Waals surface area (Å²) in [6, 6.07) is 10.9. The van der Waals surface area contributed by atoms with Gasteiger partial charge in [0.1, 0.15) is 13.2 Å². The maximum atomic E-state index is 12.0. The second kappa shape index (κ2) is 9.88. The van der Waals surface area contributed by atoms with Crippen LogP contribution < -0.4 is 19.5 Å². The molecule has 152 valence electrons. The van der Waals surface area contributed by atoms with Crippen molar-refractivity contribution in [2.24, 2.45) is 0 Å². The number of esters is 1. The van der Waals surface area contributed by atoms with E-state index in [2.05, 4.69) is 5.32 Å². The summed E-state index contributed by atoms with van der Waals surface area (Å²) in [5.74, 6) is 0.569. The number of ether oxygens (including phenoxy) is 4. The van der Waals surface area contributed by atoms with Gasteiger partial charge in [0.2, 0.25) is 5.75 Å². The number of carbonyl (C=O) groups excluding carboxylic acids is 2. The Balaban J connectivity index is 1.56. The van der Waals surface area contributed by atoms with Gasteiger partial charge in [-0.1, -0.05) is 12.1 Å². The van der Waals surface area contributed by atoms with Gasteiger partial charge in [-0.05, 0) is 42.2 Å². The summed E-state index contributed by atoms with van der Waals surface area (Å²) < 4.78 is 21.4. The molecule has 0 saturated heterocycles. The van der Waals surface area contributed by atoms with E-state index in [4.69, 9.17) is 18.9 Å². The molecule has 8 heteroatoms. The van der Waals surface area contributed by atoms with Crippen molar-refractivity contribution in [2.75, 3.05) is 38.5 Å². The van der Waals surface area contributed by atoms with Crippen molar-refractivity contribution in [3.8, 4) is 17.2 Å². The van der Waals surface area contributed by atoms with Gasteiger partial charge in [-0.25, -0.2) is 4.79 Å². The number of hydrogen-bond acceptors (Lipinski definition) is 7. The van der Waals surface area contributed by atoms with Crippen LogP contribution in [-0.2, 0) is 14.3 Å². The highest BCUT2D eigenvalue weighted by molar-refractivity contribution is 7.98. The molecule has 2 aromatic rings. The molecule has 0 aromatic heterocycles. The molecule has 1 aliphatic rings. The van der Waals surface area contributed by atoms with Gasteiger partial charge in [0.25, 0.3) is 5.91 Å². The largest absolute Gasteiger partial charge is 0.493 e. The van der Waals surface area contributed by atoms with Crippen LogP contribution in [0.1, 0.15) is 5.56 Å². The Morgan fingerprint density at radius 1 is 1.21 bits per heavy atom. The van der Waals surface area contributed by atoms with Gasteiger partial charge in [-0.2, -0.15) is 0 Å². The highest BCUT2D eigenvalue weighted by Crippen LogP contribution is 2.40. The van der Waals surface area contributed by atoms with Crippen LogP contribution in [0.4, 0.5) is 5.69 Å². The molecule has 0 spiro atoms. The Morgan fingerprint density at radius 2 is 2.00 bits per heavy atom. The average Bonchev–Trinajstić information content (AvgIpc) is 2.76. The summed E-state index contributed by atoms with van der Waals surface area (Å²) in [7, 11) is 1.53. The smallest absolute Gasteiger partial charge is 0.331 e. The molecule has 1 aliphatic heterocycles. The van der Waals surface area contributed by atoms with Crippen molar-refractivity contribution < 1.29 is 28.5 Å². The maximum Gasteiger partial charge on any atom is 0.331 e. The lowest BCUT2D eigenvalue weighted by Gasteiger charge is -2.20. The van der Waals surface area contributed by atoms with Crippen LogP contribution in [0.3, 0.4) is 0 Å². The monoisotopic (exact) mass is 415 g/mol. The third kappa shape index (κ3) is 5.45. The maximum absolute atomic E-state index is 12.0. The molecular formula is C21H21NO6S. The fourth-order valence-electron chi connectivity index (χ4n) is 2.67. The fourth-order valence-corrected chi connectivity index (χ4v) is 3.23. The number of nitrogens with one attached hydrogen (secondary N) is 1. The van der Waals surface area contributed by atoms with Crippen LogP contribution in [0.5, 0.6) is 17.2 Å². The van der Waals surface area contributed by atoms with E-state index in [1.165, 1.54) is 24.9 Å². The first-order valence-corrected chi connectivity index (χ1v) is 10.1. The van der Waals surface area contributed by atoms with Crippen molar-refractivity contribution in [2.45, 2.75) is 4.90 Å². The number of methoxy groups -OCH3 is 1. The number of para-hydroxylation sites is 1. The first-order chi connectivity index (χ1) is 14.1. The predicted octanol–water partition coefficient (Wildman–Crippen LogP) is 3.38. The number of thioether (sulfide) groups is 1. The van der Waals surface area contributed by atoms with Crippen LogP contribution in [0.15, 0.2) is 47.4 Å². The molecule has 0 radical (unpaired) electrons. The molecule has 7 nitrogen and oxygen atoms in total. The third-order valence-electron chi connectivity index (χ3n) is 3.99. The summed E-state index contributed by atoms with van der Waals surface area (Å²) in [6.45, 7) is 0.519. The number of anilines is 1. The summed E-state index contributed by atoms with van der Waals surface area (Å²) in [5.41, 5.74) is 1.36. The topological polar surface area (TPSA) is 83.1 Å². The Hall–Kier alpha value is -3.13. The molecule has 1 amide bonds. The number of benzene rings is 2. The lowest BCUT2D eigenvalue weighted by atomic mass is 10.1. The van der Waals surface area contributed by atoms with E-state index in [0.29, 0.717) is 41.7 Å². The molecule has 1 N–H and O–H groups in total. The molecule has 0 atom stereocenters. The first-order valence-electron chi connectivity index (χ1n) is 8.86. The van der Waals surface area contributed by atoms with Crippen LogP contribution in [0, 0.1) is 0 Å².